The third-order valence-corrected chi connectivity index (χ3v) is 2.05. The molecule has 0 spiro atoms. The lowest BCUT2D eigenvalue weighted by molar-refractivity contribution is 0.156. The lowest BCUT2D eigenvalue weighted by Crippen LogP contribution is -2.08. The molecule has 0 aromatic heterocycles. The Morgan fingerprint density at radius 2 is 1.73 bits per heavy atom. The second kappa shape index (κ2) is 4.99. The molecule has 0 aliphatic carbocycles. The zero-order valence-electron chi connectivity index (χ0n) is 8.21. The van der Waals surface area contributed by atoms with Crippen LogP contribution in [0.15, 0.2) is 24.3 Å². The molecule has 1 rings (SSSR count). The summed E-state index contributed by atoms with van der Waals surface area (Å²) in [6.07, 6.45) is -1.08. The van der Waals surface area contributed by atoms with Crippen molar-refractivity contribution in [2.24, 2.45) is 5.92 Å². The fourth-order valence-corrected chi connectivity index (χ4v) is 1.16. The summed E-state index contributed by atoms with van der Waals surface area (Å²) in [5.41, 5.74) is 0.531. The molecule has 4 nitrogen and oxygen atoms in total. The van der Waals surface area contributed by atoms with Crippen LogP contribution in [0.25, 0.3) is 0 Å². The number of aliphatic hydroxyl groups is 1. The van der Waals surface area contributed by atoms with Crippen molar-refractivity contribution in [2.75, 3.05) is 7.11 Å². The van der Waals surface area contributed by atoms with Crippen LogP contribution >= 0.6 is 0 Å². The van der Waals surface area contributed by atoms with E-state index in [0.29, 0.717) is 11.3 Å². The first kappa shape index (κ1) is 11.0. The van der Waals surface area contributed by atoms with Crippen molar-refractivity contribution in [1.82, 2.24) is 0 Å². The molecule has 1 N–H and O–H groups in total. The van der Waals surface area contributed by atoms with E-state index < -0.39 is 12.0 Å². The Balaban J connectivity index is 2.88. The van der Waals surface area contributed by atoms with Crippen molar-refractivity contribution in [3.05, 3.63) is 29.8 Å². The highest BCUT2D eigenvalue weighted by Crippen LogP contribution is 2.23. The average Bonchev–Trinajstić information content (AvgIpc) is 2.30. The lowest BCUT2D eigenvalue weighted by Gasteiger charge is -2.11. The van der Waals surface area contributed by atoms with E-state index in [2.05, 4.69) is 0 Å². The summed E-state index contributed by atoms with van der Waals surface area (Å²) in [4.78, 5) is 0. The first-order valence-electron chi connectivity index (χ1n) is 4.34. The molecule has 4 heteroatoms. The van der Waals surface area contributed by atoms with Crippen LogP contribution in [-0.4, -0.2) is 12.2 Å². The Morgan fingerprint density at radius 1 is 1.20 bits per heavy atom. The number of nitriles is 2. The number of hydrogen-bond donors (Lipinski definition) is 1. The maximum Gasteiger partial charge on any atom is 0.163 e. The second-order valence-corrected chi connectivity index (χ2v) is 2.95. The van der Waals surface area contributed by atoms with Gasteiger partial charge < -0.3 is 9.84 Å². The van der Waals surface area contributed by atoms with Gasteiger partial charge >= 0.3 is 0 Å². The molecule has 0 amide bonds. The lowest BCUT2D eigenvalue weighted by atomic mass is 9.98. The first-order chi connectivity index (χ1) is 7.22. The van der Waals surface area contributed by atoms with Gasteiger partial charge in [0.25, 0.3) is 0 Å². The summed E-state index contributed by atoms with van der Waals surface area (Å²) in [5.74, 6) is -0.380. The predicted octanol–water partition coefficient (Wildman–Crippen LogP) is 1.39. The van der Waals surface area contributed by atoms with Gasteiger partial charge in [-0.2, -0.15) is 10.5 Å². The van der Waals surface area contributed by atoms with Crippen molar-refractivity contribution in [3.8, 4) is 17.9 Å². The van der Waals surface area contributed by atoms with E-state index >= 15 is 0 Å². The molecule has 0 radical (unpaired) electrons. The molecule has 0 saturated carbocycles. The molecule has 0 unspecified atom stereocenters. The van der Waals surface area contributed by atoms with E-state index in [9.17, 15) is 5.11 Å². The van der Waals surface area contributed by atoms with Crippen LogP contribution in [0.5, 0.6) is 5.75 Å². The molecule has 76 valence electrons. The Bertz CT molecular complexity index is 386. The molecule has 0 bridgehead atoms. The highest BCUT2D eigenvalue weighted by molar-refractivity contribution is 5.30. The van der Waals surface area contributed by atoms with Crippen LogP contribution in [0.1, 0.15) is 11.7 Å². The predicted molar refractivity (Wildman–Crippen MR) is 52.7 cm³/mol. The minimum atomic E-state index is -1.08. The Labute approximate surface area is 87.9 Å². The van der Waals surface area contributed by atoms with Crippen molar-refractivity contribution < 1.29 is 9.84 Å². The fraction of sp³-hybridized carbons (Fsp3) is 0.273. The first-order valence-corrected chi connectivity index (χ1v) is 4.34. The van der Waals surface area contributed by atoms with Crippen LogP contribution in [0.3, 0.4) is 0 Å². The molecule has 1 atom stereocenters. The minimum absolute atomic E-state index is 0.531. The monoisotopic (exact) mass is 202 g/mol. The molecule has 15 heavy (non-hydrogen) atoms. The highest BCUT2D eigenvalue weighted by atomic mass is 16.5. The van der Waals surface area contributed by atoms with Gasteiger partial charge in [-0.25, -0.2) is 0 Å². The van der Waals surface area contributed by atoms with E-state index in [1.165, 1.54) is 0 Å². The largest absolute Gasteiger partial charge is 0.497 e. The van der Waals surface area contributed by atoms with Crippen molar-refractivity contribution in [2.45, 2.75) is 6.10 Å². The molecule has 0 saturated heterocycles. The number of aliphatic hydroxyl groups excluding tert-OH is 1. The van der Waals surface area contributed by atoms with Gasteiger partial charge in [0.05, 0.1) is 19.2 Å². The smallest absolute Gasteiger partial charge is 0.163 e. The SMILES string of the molecule is COc1ccc([C@H](O)C(C#N)C#N)cc1. The summed E-state index contributed by atoms with van der Waals surface area (Å²) in [6, 6.07) is 10.1. The number of hydrogen-bond acceptors (Lipinski definition) is 4. The summed E-state index contributed by atoms with van der Waals surface area (Å²) >= 11 is 0. The van der Waals surface area contributed by atoms with E-state index in [0.717, 1.165) is 0 Å². The Kier molecular flexibility index (Phi) is 3.68. The third-order valence-electron chi connectivity index (χ3n) is 2.05. The van der Waals surface area contributed by atoms with Gasteiger partial charge in [-0.05, 0) is 17.7 Å². The molecule has 0 fully saturated rings. The van der Waals surface area contributed by atoms with Crippen LogP contribution in [0, 0.1) is 28.6 Å². The Morgan fingerprint density at radius 3 is 2.13 bits per heavy atom. The zero-order valence-corrected chi connectivity index (χ0v) is 8.21. The molecule has 0 aliphatic rings. The summed E-state index contributed by atoms with van der Waals surface area (Å²) in [7, 11) is 1.54. The fourth-order valence-electron chi connectivity index (χ4n) is 1.16. The molecule has 0 aliphatic heterocycles. The van der Waals surface area contributed by atoms with E-state index in [4.69, 9.17) is 15.3 Å². The number of rotatable bonds is 3. The molecule has 1 aromatic carbocycles. The van der Waals surface area contributed by atoms with Crippen LogP contribution in [-0.2, 0) is 0 Å². The van der Waals surface area contributed by atoms with Crippen molar-refractivity contribution in [3.63, 3.8) is 0 Å². The van der Waals surface area contributed by atoms with E-state index in [-0.39, 0.29) is 0 Å². The van der Waals surface area contributed by atoms with Crippen LogP contribution in [0.4, 0.5) is 0 Å². The average molecular weight is 202 g/mol. The Hall–Kier alpha value is -2.04. The van der Waals surface area contributed by atoms with Gasteiger partial charge in [0, 0.05) is 0 Å². The topological polar surface area (TPSA) is 77.0 Å². The van der Waals surface area contributed by atoms with Gasteiger partial charge in [0.1, 0.15) is 11.9 Å². The van der Waals surface area contributed by atoms with Crippen molar-refractivity contribution in [1.29, 1.82) is 10.5 Å². The molecule has 1 aromatic rings. The van der Waals surface area contributed by atoms with E-state index in [1.54, 1.807) is 43.5 Å². The third kappa shape index (κ3) is 2.46. The van der Waals surface area contributed by atoms with Crippen LogP contribution < -0.4 is 4.74 Å². The number of methoxy groups -OCH3 is 1. The van der Waals surface area contributed by atoms with Gasteiger partial charge in [-0.1, -0.05) is 12.1 Å². The number of ether oxygens (including phenoxy) is 1. The number of nitrogens with zero attached hydrogens (tertiary/aromatic N) is 2. The minimum Gasteiger partial charge on any atom is -0.497 e. The van der Waals surface area contributed by atoms with E-state index in [1.807, 2.05) is 0 Å². The maximum absolute atomic E-state index is 9.66. The zero-order chi connectivity index (χ0) is 11.3. The number of benzene rings is 1. The van der Waals surface area contributed by atoms with Crippen LogP contribution in [0.2, 0.25) is 0 Å². The van der Waals surface area contributed by atoms with Gasteiger partial charge in [-0.3, -0.25) is 0 Å². The summed E-state index contributed by atoms with van der Waals surface area (Å²) in [6.45, 7) is 0. The maximum atomic E-state index is 9.66. The standard InChI is InChI=1S/C11H10N2O2/c1-15-10-4-2-8(3-5-10)11(14)9(6-12)7-13/h2-5,9,11,14H,1H3/t11-/m0/s1. The van der Waals surface area contributed by atoms with Gasteiger partial charge in [0.15, 0.2) is 5.92 Å². The van der Waals surface area contributed by atoms with Crippen molar-refractivity contribution >= 4 is 0 Å². The second-order valence-electron chi connectivity index (χ2n) is 2.95. The van der Waals surface area contributed by atoms with Gasteiger partial charge in [0.2, 0.25) is 0 Å². The molecular formula is C11H10N2O2. The van der Waals surface area contributed by atoms with Gasteiger partial charge in [-0.15, -0.1) is 0 Å². The molecule has 0 heterocycles. The summed E-state index contributed by atoms with van der Waals surface area (Å²) < 4.78 is 4.95. The molecular weight excluding hydrogens is 192 g/mol. The normalized spacial score (nSPS) is 11.5. The highest BCUT2D eigenvalue weighted by Gasteiger charge is 2.19. The quantitative estimate of drug-likeness (QED) is 0.803. The summed E-state index contributed by atoms with van der Waals surface area (Å²) in [5, 5.41) is 26.9.